The van der Waals surface area contributed by atoms with Crippen molar-refractivity contribution in [2.45, 2.75) is 25.3 Å². The number of aliphatic carboxylic acids is 1. The summed E-state index contributed by atoms with van der Waals surface area (Å²) >= 11 is 0. The Morgan fingerprint density at radius 1 is 1.10 bits per heavy atom. The minimum absolute atomic E-state index is 0.0116. The van der Waals surface area contributed by atoms with Gasteiger partial charge in [-0.05, 0) is 29.2 Å². The van der Waals surface area contributed by atoms with Gasteiger partial charge in [-0.25, -0.2) is 14.5 Å². The van der Waals surface area contributed by atoms with E-state index < -0.39 is 30.4 Å². The Bertz CT molecular complexity index is 976. The Morgan fingerprint density at radius 3 is 2.14 bits per heavy atom. The van der Waals surface area contributed by atoms with Gasteiger partial charge >= 0.3 is 12.1 Å². The second-order valence-electron chi connectivity index (χ2n) is 6.56. The van der Waals surface area contributed by atoms with Gasteiger partial charge in [0, 0.05) is 12.0 Å². The Balaban J connectivity index is 1.82. The molecule has 0 spiro atoms. The first kappa shape index (κ1) is 20.0. The third-order valence-corrected chi connectivity index (χ3v) is 4.76. The average Bonchev–Trinajstić information content (AvgIpc) is 3.02. The molecule has 2 amide bonds. The molecule has 7 nitrogen and oxygen atoms in total. The number of hydrogen-bond donors (Lipinski definition) is 2. The number of carbonyl (C=O) groups is 3. The van der Waals surface area contributed by atoms with E-state index in [1.165, 1.54) is 6.92 Å². The lowest BCUT2D eigenvalue weighted by Gasteiger charge is -2.23. The Kier molecular flexibility index (Phi) is 5.84. The molecule has 3 N–H and O–H groups in total. The van der Waals surface area contributed by atoms with E-state index in [1.807, 2.05) is 48.5 Å². The zero-order chi connectivity index (χ0) is 21.0. The maximum absolute atomic E-state index is 12.6. The number of nitrogens with two attached hydrogens (primary N) is 1. The van der Waals surface area contributed by atoms with Crippen molar-refractivity contribution >= 4 is 18.0 Å². The molecule has 1 aliphatic rings. The number of nitrogens with zero attached hydrogens (tertiary/aromatic N) is 1. The predicted molar refractivity (Wildman–Crippen MR) is 106 cm³/mol. The number of hydrogen-bond acceptors (Lipinski definition) is 4. The number of carboxylic acids is 1. The van der Waals surface area contributed by atoms with Crippen molar-refractivity contribution in [2.75, 3.05) is 6.61 Å². The topological polar surface area (TPSA) is 110 Å². The summed E-state index contributed by atoms with van der Waals surface area (Å²) in [6, 6.07) is 16.6. The van der Waals surface area contributed by atoms with Crippen LogP contribution >= 0.6 is 0 Å². The molecule has 0 aromatic heterocycles. The van der Waals surface area contributed by atoms with Crippen LogP contribution in [-0.4, -0.2) is 40.6 Å². The smallest absolute Gasteiger partial charge is 0.422 e. The van der Waals surface area contributed by atoms with E-state index in [-0.39, 0.29) is 12.5 Å². The Hall–Kier alpha value is -3.79. The number of fused-ring (bicyclic) bond motifs is 3. The highest BCUT2D eigenvalue weighted by Crippen LogP contribution is 2.44. The van der Waals surface area contributed by atoms with Crippen LogP contribution in [0.2, 0.25) is 0 Å². The molecule has 7 heteroatoms. The van der Waals surface area contributed by atoms with E-state index in [0.29, 0.717) is 4.90 Å². The van der Waals surface area contributed by atoms with Gasteiger partial charge in [0.1, 0.15) is 6.61 Å². The van der Waals surface area contributed by atoms with Gasteiger partial charge in [0.05, 0.1) is 6.42 Å². The first-order chi connectivity index (χ1) is 13.9. The summed E-state index contributed by atoms with van der Waals surface area (Å²) in [5.41, 5.74) is 9.33. The maximum Gasteiger partial charge on any atom is 0.422 e. The highest BCUT2D eigenvalue weighted by molar-refractivity contribution is 5.87. The molecule has 3 rings (SSSR count). The van der Waals surface area contributed by atoms with Gasteiger partial charge in [-0.1, -0.05) is 54.5 Å². The number of ether oxygens (including phenoxy) is 1. The normalized spacial score (nSPS) is 12.7. The number of carbonyl (C=O) groups excluding carboxylic acids is 2. The molecule has 0 bridgehead atoms. The molecule has 1 atom stereocenters. The van der Waals surface area contributed by atoms with Crippen LogP contribution in [0.15, 0.2) is 48.5 Å². The summed E-state index contributed by atoms with van der Waals surface area (Å²) in [5, 5.41) is 9.38. The van der Waals surface area contributed by atoms with Crippen molar-refractivity contribution < 1.29 is 24.2 Å². The number of rotatable bonds is 6. The fourth-order valence-corrected chi connectivity index (χ4v) is 3.51. The molecule has 148 valence electrons. The van der Waals surface area contributed by atoms with Gasteiger partial charge in [-0.15, -0.1) is 0 Å². The predicted octanol–water partition coefficient (Wildman–Crippen LogP) is 2.55. The molecule has 2 aromatic rings. The Labute approximate surface area is 168 Å². The molecule has 29 heavy (non-hydrogen) atoms. The monoisotopic (exact) mass is 392 g/mol. The van der Waals surface area contributed by atoms with Crippen molar-refractivity contribution in [3.8, 4) is 23.1 Å². The average molecular weight is 392 g/mol. The highest BCUT2D eigenvalue weighted by atomic mass is 16.6. The molecule has 0 aliphatic heterocycles. The van der Waals surface area contributed by atoms with Crippen LogP contribution < -0.4 is 5.73 Å². The van der Waals surface area contributed by atoms with Crippen molar-refractivity contribution in [3.63, 3.8) is 0 Å². The minimum atomic E-state index is -1.52. The molecular weight excluding hydrogens is 372 g/mol. The van der Waals surface area contributed by atoms with E-state index in [2.05, 4.69) is 12.0 Å². The fourth-order valence-electron chi connectivity index (χ4n) is 3.51. The summed E-state index contributed by atoms with van der Waals surface area (Å²) < 4.78 is 5.44. The zero-order valence-corrected chi connectivity index (χ0v) is 15.8. The van der Waals surface area contributed by atoms with Crippen LogP contribution in [0.3, 0.4) is 0 Å². The molecule has 0 saturated heterocycles. The molecule has 1 aliphatic carbocycles. The first-order valence-electron chi connectivity index (χ1n) is 9.01. The Morgan fingerprint density at radius 2 is 1.66 bits per heavy atom. The van der Waals surface area contributed by atoms with E-state index >= 15 is 0 Å². The maximum atomic E-state index is 12.6. The molecule has 0 heterocycles. The summed E-state index contributed by atoms with van der Waals surface area (Å²) in [6.07, 6.45) is -1.50. The van der Waals surface area contributed by atoms with E-state index in [0.717, 1.165) is 22.3 Å². The van der Waals surface area contributed by atoms with Crippen LogP contribution in [0.5, 0.6) is 0 Å². The van der Waals surface area contributed by atoms with Crippen molar-refractivity contribution in [2.24, 2.45) is 5.73 Å². The number of carboxylic acid groups (broad SMARTS) is 1. The number of benzene rings is 2. The van der Waals surface area contributed by atoms with E-state index in [4.69, 9.17) is 10.5 Å². The highest BCUT2D eigenvalue weighted by Gasteiger charge is 2.34. The SMILES string of the molecule is CC#CN(C(=O)OCC1c2ccccc2-c2ccccc21)[C@@H](CC(N)=O)C(=O)O. The van der Waals surface area contributed by atoms with Crippen LogP contribution in [0.1, 0.15) is 30.4 Å². The van der Waals surface area contributed by atoms with Crippen LogP contribution in [0.25, 0.3) is 11.1 Å². The second kappa shape index (κ2) is 8.48. The molecule has 0 saturated carbocycles. The van der Waals surface area contributed by atoms with Crippen LogP contribution in [0.4, 0.5) is 4.79 Å². The van der Waals surface area contributed by atoms with Gasteiger partial charge in [-0.3, -0.25) is 4.79 Å². The molecule has 0 radical (unpaired) electrons. The largest absolute Gasteiger partial charge is 0.480 e. The summed E-state index contributed by atoms with van der Waals surface area (Å²) in [7, 11) is 0. The van der Waals surface area contributed by atoms with Gasteiger partial charge in [0.2, 0.25) is 5.91 Å². The lowest BCUT2D eigenvalue weighted by molar-refractivity contribution is -0.143. The molecule has 2 aromatic carbocycles. The van der Waals surface area contributed by atoms with Crippen LogP contribution in [-0.2, 0) is 14.3 Å². The van der Waals surface area contributed by atoms with Gasteiger partial charge in [-0.2, -0.15) is 0 Å². The third-order valence-electron chi connectivity index (χ3n) is 4.76. The van der Waals surface area contributed by atoms with Gasteiger partial charge in [0.25, 0.3) is 0 Å². The summed E-state index contributed by atoms with van der Waals surface area (Å²) in [5.74, 6) is 0.0540. The summed E-state index contributed by atoms with van der Waals surface area (Å²) in [4.78, 5) is 36.1. The van der Waals surface area contributed by atoms with Crippen molar-refractivity contribution in [1.82, 2.24) is 4.90 Å². The lowest BCUT2D eigenvalue weighted by atomic mass is 9.98. The molecule has 0 fully saturated rings. The fraction of sp³-hybridized carbons (Fsp3) is 0.227. The molecule has 0 unspecified atom stereocenters. The van der Waals surface area contributed by atoms with Gasteiger partial charge < -0.3 is 15.6 Å². The third kappa shape index (κ3) is 4.06. The van der Waals surface area contributed by atoms with Gasteiger partial charge in [0.15, 0.2) is 6.04 Å². The number of primary amides is 1. The minimum Gasteiger partial charge on any atom is -0.480 e. The molecular formula is C22H20N2O5. The first-order valence-corrected chi connectivity index (χ1v) is 9.01. The summed E-state index contributed by atoms with van der Waals surface area (Å²) in [6.45, 7) is 1.46. The number of amides is 2. The van der Waals surface area contributed by atoms with E-state index in [1.54, 1.807) is 0 Å². The van der Waals surface area contributed by atoms with Crippen LogP contribution in [0, 0.1) is 12.0 Å². The standard InChI is InChI=1S/C22H20N2O5/c1-2-11-24(19(21(26)27)12-20(23)25)22(28)29-13-18-16-9-5-3-7-14(16)15-8-4-6-10-17(15)18/h3-10,18-19H,12-13H2,1H3,(H2,23,25)(H,26,27)/t19-/m0/s1. The quantitative estimate of drug-likeness (QED) is 0.580. The van der Waals surface area contributed by atoms with Crippen molar-refractivity contribution in [3.05, 3.63) is 59.7 Å². The second-order valence-corrected chi connectivity index (χ2v) is 6.56. The van der Waals surface area contributed by atoms with E-state index in [9.17, 15) is 19.5 Å². The van der Waals surface area contributed by atoms with Crippen molar-refractivity contribution in [1.29, 1.82) is 0 Å². The zero-order valence-electron chi connectivity index (χ0n) is 15.8. The lowest BCUT2D eigenvalue weighted by Crippen LogP contribution is -2.44.